The fraction of sp³-hybridized carbons (Fsp3) is 0.562. The Morgan fingerprint density at radius 3 is 2.75 bits per heavy atom. The van der Waals surface area contributed by atoms with Gasteiger partial charge in [-0.15, -0.1) is 0 Å². The van der Waals surface area contributed by atoms with E-state index in [1.807, 2.05) is 6.92 Å². The van der Waals surface area contributed by atoms with Crippen molar-refractivity contribution in [1.82, 2.24) is 10.6 Å². The van der Waals surface area contributed by atoms with Gasteiger partial charge in [0.05, 0.1) is 0 Å². The first-order chi connectivity index (χ1) is 9.65. The molecule has 0 aliphatic heterocycles. The van der Waals surface area contributed by atoms with Gasteiger partial charge in [0, 0.05) is 12.6 Å². The second-order valence-electron chi connectivity index (χ2n) is 5.56. The molecule has 1 aromatic rings. The molecule has 1 aliphatic rings. The summed E-state index contributed by atoms with van der Waals surface area (Å²) in [5.41, 5.74) is 2.00. The average molecular weight is 278 g/mol. The molecular weight excluding hydrogens is 255 g/mol. The number of nitrogens with one attached hydrogen (secondary N) is 2. The van der Waals surface area contributed by atoms with Gasteiger partial charge in [-0.1, -0.05) is 25.3 Å². The van der Waals surface area contributed by atoms with Crippen molar-refractivity contribution in [1.29, 1.82) is 0 Å². The molecule has 2 rings (SSSR count). The molecule has 1 aliphatic carbocycles. The summed E-state index contributed by atoms with van der Waals surface area (Å²) in [6.07, 6.45) is 6.60. The third-order valence-corrected chi connectivity index (χ3v) is 3.92. The van der Waals surface area contributed by atoms with Gasteiger partial charge in [0.15, 0.2) is 0 Å². The van der Waals surface area contributed by atoms with E-state index in [1.54, 1.807) is 6.07 Å². The summed E-state index contributed by atoms with van der Waals surface area (Å²) in [4.78, 5) is 11.8. The average Bonchev–Trinajstić information content (AvgIpc) is 2.42. The first-order valence-corrected chi connectivity index (χ1v) is 7.44. The number of halogens is 1. The number of aryl methyl sites for hydroxylation is 1. The molecule has 1 fully saturated rings. The van der Waals surface area contributed by atoms with Crippen molar-refractivity contribution in [2.24, 2.45) is 0 Å². The van der Waals surface area contributed by atoms with Crippen molar-refractivity contribution in [3.8, 4) is 0 Å². The molecule has 1 aromatic carbocycles. The molecule has 0 heterocycles. The zero-order valence-electron chi connectivity index (χ0n) is 12.0. The predicted octanol–water partition coefficient (Wildman–Crippen LogP) is 3.31. The van der Waals surface area contributed by atoms with Crippen LogP contribution in [0.15, 0.2) is 18.2 Å². The molecule has 0 unspecified atom stereocenters. The van der Waals surface area contributed by atoms with Crippen LogP contribution in [0.25, 0.3) is 0 Å². The summed E-state index contributed by atoms with van der Waals surface area (Å²) in [6, 6.07) is 5.01. The highest BCUT2D eigenvalue weighted by atomic mass is 19.1. The molecule has 1 saturated carbocycles. The Balaban J connectivity index is 1.70. The Bertz CT molecular complexity index is 456. The normalized spacial score (nSPS) is 15.9. The molecule has 20 heavy (non-hydrogen) atoms. The zero-order valence-corrected chi connectivity index (χ0v) is 12.0. The van der Waals surface area contributed by atoms with Gasteiger partial charge in [0.2, 0.25) is 0 Å². The van der Waals surface area contributed by atoms with Gasteiger partial charge in [-0.25, -0.2) is 9.18 Å². The summed E-state index contributed by atoms with van der Waals surface area (Å²) in [5, 5.41) is 5.90. The van der Waals surface area contributed by atoms with Crippen LogP contribution in [-0.2, 0) is 6.42 Å². The Kier molecular flexibility index (Phi) is 5.39. The first kappa shape index (κ1) is 14.8. The van der Waals surface area contributed by atoms with Crippen LogP contribution >= 0.6 is 0 Å². The molecule has 0 spiro atoms. The van der Waals surface area contributed by atoms with Crippen molar-refractivity contribution in [2.75, 3.05) is 6.54 Å². The van der Waals surface area contributed by atoms with Crippen LogP contribution in [0.3, 0.4) is 0 Å². The van der Waals surface area contributed by atoms with E-state index in [0.29, 0.717) is 12.6 Å². The van der Waals surface area contributed by atoms with E-state index in [0.717, 1.165) is 30.4 Å². The first-order valence-electron chi connectivity index (χ1n) is 7.44. The largest absolute Gasteiger partial charge is 0.338 e. The molecule has 0 radical (unpaired) electrons. The van der Waals surface area contributed by atoms with Crippen LogP contribution in [0.2, 0.25) is 0 Å². The Hall–Kier alpha value is -1.58. The Morgan fingerprint density at radius 2 is 2.05 bits per heavy atom. The minimum Gasteiger partial charge on any atom is -0.338 e. The SMILES string of the molecule is Cc1cc(F)ccc1CCNC(=O)NC1CCCCC1. The van der Waals surface area contributed by atoms with Gasteiger partial charge in [-0.3, -0.25) is 0 Å². The van der Waals surface area contributed by atoms with Crippen LogP contribution in [-0.4, -0.2) is 18.6 Å². The number of carbonyl (C=O) groups excluding carboxylic acids is 1. The van der Waals surface area contributed by atoms with Crippen LogP contribution in [0, 0.1) is 12.7 Å². The van der Waals surface area contributed by atoms with Gasteiger partial charge < -0.3 is 10.6 Å². The van der Waals surface area contributed by atoms with E-state index in [-0.39, 0.29) is 11.8 Å². The number of carbonyl (C=O) groups is 1. The van der Waals surface area contributed by atoms with Crippen molar-refractivity contribution in [2.45, 2.75) is 51.5 Å². The van der Waals surface area contributed by atoms with E-state index in [2.05, 4.69) is 10.6 Å². The third kappa shape index (κ3) is 4.51. The number of rotatable bonds is 4. The third-order valence-electron chi connectivity index (χ3n) is 3.92. The number of hydrogen-bond donors (Lipinski definition) is 2. The molecule has 2 amide bonds. The monoisotopic (exact) mass is 278 g/mol. The maximum absolute atomic E-state index is 13.0. The lowest BCUT2D eigenvalue weighted by molar-refractivity contribution is 0.233. The summed E-state index contributed by atoms with van der Waals surface area (Å²) in [7, 11) is 0. The van der Waals surface area contributed by atoms with Crippen LogP contribution in [0.5, 0.6) is 0 Å². The lowest BCUT2D eigenvalue weighted by Gasteiger charge is -2.22. The number of amides is 2. The second kappa shape index (κ2) is 7.27. The van der Waals surface area contributed by atoms with E-state index in [1.165, 1.54) is 31.4 Å². The summed E-state index contributed by atoms with van der Waals surface area (Å²) in [6.45, 7) is 2.46. The van der Waals surface area contributed by atoms with Crippen LogP contribution in [0.1, 0.15) is 43.2 Å². The van der Waals surface area contributed by atoms with Crippen LogP contribution < -0.4 is 10.6 Å². The summed E-state index contributed by atoms with van der Waals surface area (Å²) >= 11 is 0. The minimum atomic E-state index is -0.214. The lowest BCUT2D eigenvalue weighted by atomic mass is 9.96. The van der Waals surface area contributed by atoms with Crippen molar-refractivity contribution < 1.29 is 9.18 Å². The fourth-order valence-electron chi connectivity index (χ4n) is 2.73. The molecule has 0 aromatic heterocycles. The molecule has 110 valence electrons. The molecule has 3 nitrogen and oxygen atoms in total. The van der Waals surface area contributed by atoms with Crippen molar-refractivity contribution in [3.63, 3.8) is 0 Å². The van der Waals surface area contributed by atoms with E-state index < -0.39 is 0 Å². The standard InChI is InChI=1S/C16H23FN2O/c1-12-11-14(17)8-7-13(12)9-10-18-16(20)19-15-5-3-2-4-6-15/h7-8,11,15H,2-6,9-10H2,1H3,(H2,18,19,20). The Labute approximate surface area is 120 Å². The highest BCUT2D eigenvalue weighted by Gasteiger charge is 2.15. The molecule has 4 heteroatoms. The summed E-state index contributed by atoms with van der Waals surface area (Å²) < 4.78 is 13.0. The molecular formula is C16H23FN2O. The van der Waals surface area contributed by atoms with Crippen molar-refractivity contribution in [3.05, 3.63) is 35.1 Å². The topological polar surface area (TPSA) is 41.1 Å². The minimum absolute atomic E-state index is 0.0864. The fourth-order valence-corrected chi connectivity index (χ4v) is 2.73. The lowest BCUT2D eigenvalue weighted by Crippen LogP contribution is -2.43. The number of hydrogen-bond acceptors (Lipinski definition) is 1. The van der Waals surface area contributed by atoms with Crippen molar-refractivity contribution >= 4 is 6.03 Å². The maximum atomic E-state index is 13.0. The molecule has 0 saturated heterocycles. The molecule has 2 N–H and O–H groups in total. The molecule has 0 atom stereocenters. The zero-order chi connectivity index (χ0) is 14.4. The van der Waals surface area contributed by atoms with E-state index in [4.69, 9.17) is 0 Å². The summed E-state index contributed by atoms with van der Waals surface area (Å²) in [5.74, 6) is -0.214. The van der Waals surface area contributed by atoms with E-state index >= 15 is 0 Å². The van der Waals surface area contributed by atoms with Gasteiger partial charge in [0.1, 0.15) is 5.82 Å². The van der Waals surface area contributed by atoms with E-state index in [9.17, 15) is 9.18 Å². The van der Waals surface area contributed by atoms with Crippen LogP contribution in [0.4, 0.5) is 9.18 Å². The number of benzene rings is 1. The van der Waals surface area contributed by atoms with Gasteiger partial charge >= 0.3 is 6.03 Å². The van der Waals surface area contributed by atoms with Gasteiger partial charge in [0.25, 0.3) is 0 Å². The Morgan fingerprint density at radius 1 is 1.30 bits per heavy atom. The second-order valence-corrected chi connectivity index (χ2v) is 5.56. The smallest absolute Gasteiger partial charge is 0.315 e. The predicted molar refractivity (Wildman–Crippen MR) is 78.2 cm³/mol. The number of urea groups is 1. The van der Waals surface area contributed by atoms with Gasteiger partial charge in [-0.2, -0.15) is 0 Å². The highest BCUT2D eigenvalue weighted by molar-refractivity contribution is 5.74. The quantitative estimate of drug-likeness (QED) is 0.871. The van der Waals surface area contributed by atoms with Gasteiger partial charge in [-0.05, 0) is 49.4 Å². The molecule has 0 bridgehead atoms. The maximum Gasteiger partial charge on any atom is 0.315 e. The highest BCUT2D eigenvalue weighted by Crippen LogP contribution is 2.17.